The first-order chi connectivity index (χ1) is 14.1. The van der Waals surface area contributed by atoms with Crippen molar-refractivity contribution in [1.82, 2.24) is 20.1 Å². The van der Waals surface area contributed by atoms with Gasteiger partial charge in [-0.1, -0.05) is 6.07 Å². The number of carbonyl (C=O) groups is 1. The number of aryl methyl sites for hydroxylation is 2. The van der Waals surface area contributed by atoms with Crippen molar-refractivity contribution in [2.24, 2.45) is 7.05 Å². The van der Waals surface area contributed by atoms with E-state index in [4.69, 9.17) is 0 Å². The second-order valence-electron chi connectivity index (χ2n) is 7.51. The van der Waals surface area contributed by atoms with Gasteiger partial charge < -0.3 is 15.2 Å². The first-order valence-electron chi connectivity index (χ1n) is 9.87. The van der Waals surface area contributed by atoms with Crippen LogP contribution in [-0.4, -0.2) is 34.3 Å². The van der Waals surface area contributed by atoms with Gasteiger partial charge in [0, 0.05) is 60.9 Å². The van der Waals surface area contributed by atoms with Crippen LogP contribution >= 0.6 is 0 Å². The molecule has 2 aromatic heterocycles. The van der Waals surface area contributed by atoms with Crippen molar-refractivity contribution in [3.8, 4) is 11.1 Å². The van der Waals surface area contributed by atoms with Gasteiger partial charge in [0.05, 0.1) is 11.8 Å². The molecule has 0 atom stereocenters. The fraction of sp³-hybridized carbons (Fsp3) is 0.217. The third-order valence-corrected chi connectivity index (χ3v) is 5.69. The molecule has 0 bridgehead atoms. The lowest BCUT2D eigenvalue weighted by Gasteiger charge is -2.32. The molecule has 5 rings (SSSR count). The number of nitrogens with one attached hydrogen (secondary N) is 2. The van der Waals surface area contributed by atoms with Crippen molar-refractivity contribution in [2.45, 2.75) is 12.8 Å². The Bertz CT molecular complexity index is 1220. The number of carbonyl (C=O) groups excluding carboxylic acids is 1. The summed E-state index contributed by atoms with van der Waals surface area (Å²) in [5.41, 5.74) is 7.67. The number of aromatic amines is 1. The van der Waals surface area contributed by atoms with E-state index in [9.17, 15) is 4.79 Å². The van der Waals surface area contributed by atoms with Gasteiger partial charge in [-0.3, -0.25) is 9.48 Å². The minimum Gasteiger partial charge on any atom is -0.360 e. The minimum atomic E-state index is -0.0754. The molecule has 29 heavy (non-hydrogen) atoms. The molecule has 1 aliphatic heterocycles. The Balaban J connectivity index is 1.55. The topological polar surface area (TPSA) is 66.0 Å². The van der Waals surface area contributed by atoms with Crippen LogP contribution < -0.4 is 10.2 Å². The van der Waals surface area contributed by atoms with Gasteiger partial charge in [0.15, 0.2) is 0 Å². The summed E-state index contributed by atoms with van der Waals surface area (Å²) in [6.07, 6.45) is 7.88. The molecule has 3 heterocycles. The number of hydrogen-bond donors (Lipinski definition) is 2. The van der Waals surface area contributed by atoms with Gasteiger partial charge in [0.2, 0.25) is 0 Å². The van der Waals surface area contributed by atoms with E-state index < -0.39 is 0 Å². The second kappa shape index (κ2) is 6.81. The van der Waals surface area contributed by atoms with Gasteiger partial charge in [-0.2, -0.15) is 5.10 Å². The maximum atomic E-state index is 12.2. The first-order valence-corrected chi connectivity index (χ1v) is 9.87. The molecule has 6 heteroatoms. The van der Waals surface area contributed by atoms with Crippen molar-refractivity contribution in [3.05, 3.63) is 66.1 Å². The summed E-state index contributed by atoms with van der Waals surface area (Å²) < 4.78 is 1.83. The molecule has 146 valence electrons. The van der Waals surface area contributed by atoms with Crippen molar-refractivity contribution >= 4 is 28.2 Å². The normalized spacial score (nSPS) is 13.5. The molecule has 0 fully saturated rings. The van der Waals surface area contributed by atoms with Crippen LogP contribution in [0.5, 0.6) is 0 Å². The highest BCUT2D eigenvalue weighted by Crippen LogP contribution is 2.37. The number of amides is 1. The summed E-state index contributed by atoms with van der Waals surface area (Å²) in [6, 6.07) is 12.9. The van der Waals surface area contributed by atoms with Gasteiger partial charge in [0.25, 0.3) is 5.91 Å². The van der Waals surface area contributed by atoms with Crippen LogP contribution in [0.1, 0.15) is 22.3 Å². The number of aromatic nitrogens is 3. The number of benzene rings is 2. The lowest BCUT2D eigenvalue weighted by atomic mass is 9.96. The van der Waals surface area contributed by atoms with Crippen LogP contribution in [0.4, 0.5) is 11.4 Å². The average molecular weight is 385 g/mol. The highest BCUT2D eigenvalue weighted by molar-refractivity contribution is 6.07. The van der Waals surface area contributed by atoms with Crippen molar-refractivity contribution in [2.75, 3.05) is 18.5 Å². The Morgan fingerprint density at radius 2 is 2.07 bits per heavy atom. The largest absolute Gasteiger partial charge is 0.360 e. The fourth-order valence-corrected chi connectivity index (χ4v) is 4.21. The van der Waals surface area contributed by atoms with Gasteiger partial charge in [-0.15, -0.1) is 0 Å². The van der Waals surface area contributed by atoms with Crippen LogP contribution in [0, 0.1) is 0 Å². The zero-order valence-electron chi connectivity index (χ0n) is 16.6. The Hall–Kier alpha value is -3.54. The standard InChI is InChI=1S/C23H23N5O/c1-24-23(29)20-13-25-21-7-6-18(11-19(20)21)28-9-3-4-16-10-15(5-8-22(16)28)17-12-26-27(2)14-17/h5-8,10-14,25H,3-4,9H2,1-2H3,(H,24,29). The van der Waals surface area contributed by atoms with E-state index in [1.165, 1.54) is 16.8 Å². The molecule has 6 nitrogen and oxygen atoms in total. The van der Waals surface area contributed by atoms with E-state index in [0.717, 1.165) is 41.5 Å². The van der Waals surface area contributed by atoms with Gasteiger partial charge in [0.1, 0.15) is 0 Å². The quantitative estimate of drug-likeness (QED) is 0.560. The van der Waals surface area contributed by atoms with Crippen LogP contribution in [0.15, 0.2) is 55.0 Å². The molecule has 0 radical (unpaired) electrons. The van der Waals surface area contributed by atoms with Crippen LogP contribution in [0.2, 0.25) is 0 Å². The zero-order valence-corrected chi connectivity index (χ0v) is 16.6. The molecule has 2 N–H and O–H groups in total. The summed E-state index contributed by atoms with van der Waals surface area (Å²) in [7, 11) is 3.60. The van der Waals surface area contributed by atoms with Crippen LogP contribution in [0.3, 0.4) is 0 Å². The number of hydrogen-bond acceptors (Lipinski definition) is 3. The molecule has 1 aliphatic rings. The van der Waals surface area contributed by atoms with E-state index in [1.54, 1.807) is 13.2 Å². The van der Waals surface area contributed by atoms with Gasteiger partial charge in [-0.25, -0.2) is 0 Å². The van der Waals surface area contributed by atoms with Crippen LogP contribution in [-0.2, 0) is 13.5 Å². The molecule has 0 saturated heterocycles. The number of nitrogens with zero attached hydrogens (tertiary/aromatic N) is 3. The van der Waals surface area contributed by atoms with Crippen molar-refractivity contribution in [3.63, 3.8) is 0 Å². The smallest absolute Gasteiger partial charge is 0.253 e. The SMILES string of the molecule is CNC(=O)c1c[nH]c2ccc(N3CCCc4cc(-c5cnn(C)c5)ccc43)cc12. The van der Waals surface area contributed by atoms with E-state index >= 15 is 0 Å². The molecule has 0 unspecified atom stereocenters. The third-order valence-electron chi connectivity index (χ3n) is 5.69. The maximum Gasteiger partial charge on any atom is 0.253 e. The summed E-state index contributed by atoms with van der Waals surface area (Å²) in [4.78, 5) is 17.7. The van der Waals surface area contributed by atoms with Crippen molar-refractivity contribution < 1.29 is 4.79 Å². The summed E-state index contributed by atoms with van der Waals surface area (Å²) in [5.74, 6) is -0.0754. The molecule has 2 aromatic carbocycles. The Labute approximate surface area is 169 Å². The van der Waals surface area contributed by atoms with Crippen LogP contribution in [0.25, 0.3) is 22.0 Å². The predicted octanol–water partition coefficient (Wildman–Crippen LogP) is 4.01. The summed E-state index contributed by atoms with van der Waals surface area (Å²) in [6.45, 7) is 0.963. The molecular weight excluding hydrogens is 362 g/mol. The molecular formula is C23H23N5O. The number of fused-ring (bicyclic) bond motifs is 2. The van der Waals surface area contributed by atoms with Gasteiger partial charge in [-0.05, 0) is 54.3 Å². The molecule has 1 amide bonds. The highest BCUT2D eigenvalue weighted by Gasteiger charge is 2.20. The number of H-pyrrole nitrogens is 1. The van der Waals surface area contributed by atoms with E-state index in [0.29, 0.717) is 5.56 Å². The highest BCUT2D eigenvalue weighted by atomic mass is 16.1. The maximum absolute atomic E-state index is 12.2. The Morgan fingerprint density at radius 3 is 2.86 bits per heavy atom. The van der Waals surface area contributed by atoms with E-state index in [1.807, 2.05) is 24.1 Å². The predicted molar refractivity (Wildman–Crippen MR) is 116 cm³/mol. The molecule has 0 spiro atoms. The number of rotatable bonds is 3. The average Bonchev–Trinajstić information content (AvgIpc) is 3.38. The first kappa shape index (κ1) is 17.6. The van der Waals surface area contributed by atoms with E-state index in [-0.39, 0.29) is 5.91 Å². The fourth-order valence-electron chi connectivity index (χ4n) is 4.21. The van der Waals surface area contributed by atoms with E-state index in [2.05, 4.69) is 56.7 Å². The Kier molecular flexibility index (Phi) is 4.12. The zero-order chi connectivity index (χ0) is 20.0. The second-order valence-corrected chi connectivity index (χ2v) is 7.51. The molecule has 0 saturated carbocycles. The number of anilines is 2. The monoisotopic (exact) mass is 385 g/mol. The molecule has 0 aliphatic carbocycles. The summed E-state index contributed by atoms with van der Waals surface area (Å²) >= 11 is 0. The third kappa shape index (κ3) is 2.97. The van der Waals surface area contributed by atoms with Crippen molar-refractivity contribution in [1.29, 1.82) is 0 Å². The lowest BCUT2D eigenvalue weighted by Crippen LogP contribution is -2.24. The lowest BCUT2D eigenvalue weighted by molar-refractivity contribution is 0.0965. The van der Waals surface area contributed by atoms with Gasteiger partial charge >= 0.3 is 0 Å². The minimum absolute atomic E-state index is 0.0754. The summed E-state index contributed by atoms with van der Waals surface area (Å²) in [5, 5.41) is 7.96. The Morgan fingerprint density at radius 1 is 1.17 bits per heavy atom. The molecule has 4 aromatic rings.